The van der Waals surface area contributed by atoms with Crippen molar-refractivity contribution in [1.82, 2.24) is 10.2 Å². The van der Waals surface area contributed by atoms with Gasteiger partial charge < -0.3 is 20.4 Å². The van der Waals surface area contributed by atoms with Crippen molar-refractivity contribution in [1.29, 1.82) is 0 Å². The predicted octanol–water partition coefficient (Wildman–Crippen LogP) is 1.81. The fraction of sp³-hybridized carbons (Fsp3) is 0.588. The largest absolute Gasteiger partial charge is 0.396 e. The summed E-state index contributed by atoms with van der Waals surface area (Å²) >= 11 is 0. The van der Waals surface area contributed by atoms with Gasteiger partial charge in [-0.15, -0.1) is 0 Å². The number of aliphatic hydroxyl groups excluding tert-OH is 2. The molecule has 2 amide bonds. The van der Waals surface area contributed by atoms with Crippen molar-refractivity contribution in [3.8, 4) is 0 Å². The van der Waals surface area contributed by atoms with E-state index in [0.29, 0.717) is 6.54 Å². The molecule has 0 spiro atoms. The van der Waals surface area contributed by atoms with E-state index in [9.17, 15) is 9.90 Å². The molecule has 0 saturated heterocycles. The van der Waals surface area contributed by atoms with Gasteiger partial charge in [0.15, 0.2) is 0 Å². The van der Waals surface area contributed by atoms with Crippen LogP contribution in [0.2, 0.25) is 0 Å². The highest BCUT2D eigenvalue weighted by Crippen LogP contribution is 2.34. The Kier molecular flexibility index (Phi) is 6.84. The highest BCUT2D eigenvalue weighted by Gasteiger charge is 2.31. The Labute approximate surface area is 133 Å². The number of likely N-dealkylation sites (N-methyl/N-ethyl adjacent to an activating group) is 1. The number of aliphatic hydroxyl groups is 2. The summed E-state index contributed by atoms with van der Waals surface area (Å²) in [5.74, 6) is 0.000447. The molecular formula is C17H28N2O3. The van der Waals surface area contributed by atoms with Crippen molar-refractivity contribution in [2.24, 2.45) is 5.41 Å². The summed E-state index contributed by atoms with van der Waals surface area (Å²) in [7, 11) is 1.66. The first kappa shape index (κ1) is 18.5. The minimum atomic E-state index is -0.351. The molecule has 22 heavy (non-hydrogen) atoms. The Morgan fingerprint density at radius 1 is 1.27 bits per heavy atom. The van der Waals surface area contributed by atoms with E-state index >= 15 is 0 Å². The van der Waals surface area contributed by atoms with Crippen LogP contribution < -0.4 is 5.32 Å². The van der Waals surface area contributed by atoms with Crippen LogP contribution in [0.15, 0.2) is 30.3 Å². The number of carbonyl (C=O) groups is 1. The van der Waals surface area contributed by atoms with Crippen LogP contribution in [0.25, 0.3) is 0 Å². The van der Waals surface area contributed by atoms with Crippen LogP contribution in [0, 0.1) is 5.41 Å². The maximum Gasteiger partial charge on any atom is 0.317 e. The number of rotatable bonds is 7. The average Bonchev–Trinajstić information content (AvgIpc) is 2.54. The van der Waals surface area contributed by atoms with Gasteiger partial charge in [0, 0.05) is 26.1 Å². The van der Waals surface area contributed by atoms with E-state index in [1.165, 1.54) is 4.90 Å². The normalized spacial score (nSPS) is 14.3. The lowest BCUT2D eigenvalue weighted by molar-refractivity contribution is 0.125. The molecule has 0 aliphatic rings. The van der Waals surface area contributed by atoms with Crippen LogP contribution in [0.5, 0.6) is 0 Å². The molecule has 1 rings (SSSR count). The standard InChI is InChI=1S/C17H28N2O3/c1-13(11-20)19(4)16(22)18-10-15(17(2,3)12-21)14-8-6-5-7-9-14/h5-9,13,15,20-21H,10-12H2,1-4H3,(H,18,22). The molecule has 0 heterocycles. The van der Waals surface area contributed by atoms with E-state index in [1.54, 1.807) is 14.0 Å². The van der Waals surface area contributed by atoms with Crippen molar-refractivity contribution in [3.05, 3.63) is 35.9 Å². The number of hydrogen-bond acceptors (Lipinski definition) is 3. The molecule has 2 unspecified atom stereocenters. The molecule has 0 aliphatic carbocycles. The topological polar surface area (TPSA) is 72.8 Å². The summed E-state index contributed by atoms with van der Waals surface area (Å²) in [5.41, 5.74) is 0.732. The number of carbonyl (C=O) groups excluding carboxylic acids is 1. The molecule has 124 valence electrons. The van der Waals surface area contributed by atoms with E-state index < -0.39 is 0 Å². The van der Waals surface area contributed by atoms with Gasteiger partial charge in [0.2, 0.25) is 0 Å². The molecule has 0 radical (unpaired) electrons. The van der Waals surface area contributed by atoms with Crippen LogP contribution in [0.4, 0.5) is 4.79 Å². The number of urea groups is 1. The van der Waals surface area contributed by atoms with E-state index in [4.69, 9.17) is 5.11 Å². The van der Waals surface area contributed by atoms with Gasteiger partial charge >= 0.3 is 6.03 Å². The second kappa shape index (κ2) is 8.15. The molecule has 0 bridgehead atoms. The van der Waals surface area contributed by atoms with Gasteiger partial charge in [-0.3, -0.25) is 0 Å². The van der Waals surface area contributed by atoms with Crippen LogP contribution in [0.3, 0.4) is 0 Å². The van der Waals surface area contributed by atoms with Crippen molar-refractivity contribution in [2.75, 3.05) is 26.8 Å². The number of nitrogens with one attached hydrogen (secondary N) is 1. The fourth-order valence-corrected chi connectivity index (χ4v) is 2.28. The first-order valence-corrected chi connectivity index (χ1v) is 7.60. The van der Waals surface area contributed by atoms with E-state index in [-0.39, 0.29) is 36.6 Å². The summed E-state index contributed by atoms with van der Waals surface area (Å²) in [4.78, 5) is 13.6. The molecule has 0 fully saturated rings. The predicted molar refractivity (Wildman–Crippen MR) is 87.8 cm³/mol. The third-order valence-corrected chi connectivity index (χ3v) is 4.26. The first-order valence-electron chi connectivity index (χ1n) is 7.60. The quantitative estimate of drug-likeness (QED) is 0.719. The van der Waals surface area contributed by atoms with Crippen molar-refractivity contribution in [3.63, 3.8) is 0 Å². The molecule has 3 N–H and O–H groups in total. The Balaban J connectivity index is 2.81. The van der Waals surface area contributed by atoms with Gasteiger partial charge in [0.1, 0.15) is 0 Å². The second-order valence-electron chi connectivity index (χ2n) is 6.44. The highest BCUT2D eigenvalue weighted by molar-refractivity contribution is 5.74. The maximum atomic E-state index is 12.1. The molecule has 2 atom stereocenters. The maximum absolute atomic E-state index is 12.1. The zero-order valence-electron chi connectivity index (χ0n) is 13.9. The summed E-state index contributed by atoms with van der Waals surface area (Å²) in [5, 5.41) is 21.7. The molecule has 0 aromatic heterocycles. The second-order valence-corrected chi connectivity index (χ2v) is 6.44. The summed E-state index contributed by atoms with van der Waals surface area (Å²) in [6.07, 6.45) is 0. The SMILES string of the molecule is CC(CO)N(C)C(=O)NCC(c1ccccc1)C(C)(C)CO. The average molecular weight is 308 g/mol. The van der Waals surface area contributed by atoms with Gasteiger partial charge in [-0.2, -0.15) is 0 Å². The smallest absolute Gasteiger partial charge is 0.317 e. The van der Waals surface area contributed by atoms with Gasteiger partial charge in [-0.25, -0.2) is 4.79 Å². The zero-order valence-corrected chi connectivity index (χ0v) is 13.9. The monoisotopic (exact) mass is 308 g/mol. The fourth-order valence-electron chi connectivity index (χ4n) is 2.28. The van der Waals surface area contributed by atoms with Gasteiger partial charge in [0.25, 0.3) is 0 Å². The van der Waals surface area contributed by atoms with Crippen molar-refractivity contribution in [2.45, 2.75) is 32.7 Å². The molecule has 0 aliphatic heterocycles. The summed E-state index contributed by atoms with van der Waals surface area (Å²) < 4.78 is 0. The summed E-state index contributed by atoms with van der Waals surface area (Å²) in [6.45, 7) is 6.14. The number of hydrogen-bond donors (Lipinski definition) is 3. The van der Waals surface area contributed by atoms with Gasteiger partial charge in [-0.05, 0) is 17.9 Å². The molecule has 1 aromatic carbocycles. The molecular weight excluding hydrogens is 280 g/mol. The Morgan fingerprint density at radius 2 is 1.86 bits per heavy atom. The summed E-state index contributed by atoms with van der Waals surface area (Å²) in [6, 6.07) is 9.41. The number of amides is 2. The Hall–Kier alpha value is -1.59. The van der Waals surface area contributed by atoms with E-state index in [2.05, 4.69) is 5.32 Å². The zero-order chi connectivity index (χ0) is 16.8. The minimum Gasteiger partial charge on any atom is -0.396 e. The highest BCUT2D eigenvalue weighted by atomic mass is 16.3. The van der Waals surface area contributed by atoms with Crippen LogP contribution in [0.1, 0.15) is 32.3 Å². The lowest BCUT2D eigenvalue weighted by Gasteiger charge is -2.34. The lowest BCUT2D eigenvalue weighted by atomic mass is 9.75. The van der Waals surface area contributed by atoms with Crippen molar-refractivity contribution < 1.29 is 15.0 Å². The molecule has 0 saturated carbocycles. The van der Waals surface area contributed by atoms with Crippen LogP contribution in [-0.4, -0.2) is 54.0 Å². The van der Waals surface area contributed by atoms with E-state index in [0.717, 1.165) is 5.56 Å². The molecule has 1 aromatic rings. The Morgan fingerprint density at radius 3 is 2.36 bits per heavy atom. The first-order chi connectivity index (χ1) is 10.3. The molecule has 5 nitrogen and oxygen atoms in total. The number of benzene rings is 1. The van der Waals surface area contributed by atoms with Crippen LogP contribution >= 0.6 is 0 Å². The third-order valence-electron chi connectivity index (χ3n) is 4.26. The van der Waals surface area contributed by atoms with E-state index in [1.807, 2.05) is 44.2 Å². The number of nitrogens with zero attached hydrogens (tertiary/aromatic N) is 1. The van der Waals surface area contributed by atoms with Crippen molar-refractivity contribution >= 4 is 6.03 Å². The van der Waals surface area contributed by atoms with Gasteiger partial charge in [-0.1, -0.05) is 44.2 Å². The van der Waals surface area contributed by atoms with Gasteiger partial charge in [0.05, 0.1) is 12.6 Å². The third kappa shape index (κ3) is 4.71. The lowest BCUT2D eigenvalue weighted by Crippen LogP contribution is -2.46. The van der Waals surface area contributed by atoms with Crippen LogP contribution in [-0.2, 0) is 0 Å². The molecule has 5 heteroatoms. The minimum absolute atomic E-state index is 0.000447. The Bertz CT molecular complexity index is 462.